The summed E-state index contributed by atoms with van der Waals surface area (Å²) < 4.78 is 33.2. The molecule has 1 aromatic heterocycles. The second-order valence-electron chi connectivity index (χ2n) is 9.19. The lowest BCUT2D eigenvalue weighted by molar-refractivity contribution is 0.177. The van der Waals surface area contributed by atoms with Crippen LogP contribution < -0.4 is 0 Å². The minimum atomic E-state index is -3.45. The fourth-order valence-corrected chi connectivity index (χ4v) is 5.61. The zero-order valence-corrected chi connectivity index (χ0v) is 18.5. The monoisotopic (exact) mass is 417 g/mol. The molecule has 0 saturated carbocycles. The van der Waals surface area contributed by atoms with Crippen LogP contribution in [0.15, 0.2) is 33.7 Å². The van der Waals surface area contributed by atoms with Gasteiger partial charge in [-0.1, -0.05) is 38.1 Å². The average molecular weight is 418 g/mol. The molecule has 4 rings (SSSR count). The Morgan fingerprint density at radius 3 is 2.31 bits per heavy atom. The third-order valence-corrected chi connectivity index (χ3v) is 8.01. The molecule has 2 aromatic rings. The van der Waals surface area contributed by atoms with Crippen molar-refractivity contribution >= 4 is 10.0 Å². The van der Waals surface area contributed by atoms with E-state index in [-0.39, 0.29) is 5.41 Å². The van der Waals surface area contributed by atoms with E-state index in [0.717, 1.165) is 36.4 Å². The first kappa shape index (κ1) is 20.6. The second-order valence-corrected chi connectivity index (χ2v) is 11.1. The van der Waals surface area contributed by atoms with Crippen LogP contribution in [-0.4, -0.2) is 49.0 Å². The van der Waals surface area contributed by atoms with Crippen LogP contribution in [0.5, 0.6) is 0 Å². The molecule has 2 heterocycles. The summed E-state index contributed by atoms with van der Waals surface area (Å²) in [6.45, 7) is 9.55. The number of nitrogens with zero attached hydrogens (tertiary/aromatic N) is 3. The van der Waals surface area contributed by atoms with Gasteiger partial charge < -0.3 is 4.52 Å². The highest BCUT2D eigenvalue weighted by molar-refractivity contribution is 7.89. The van der Waals surface area contributed by atoms with E-state index in [1.54, 1.807) is 16.4 Å². The molecule has 1 saturated heterocycles. The van der Waals surface area contributed by atoms with E-state index in [9.17, 15) is 8.42 Å². The SMILES string of the molecule is CC(C)(C)c1ccc(S(=O)(=O)N2CCN(Cc3noc4c3CCCC4)CC2)cc1. The molecule has 0 atom stereocenters. The van der Waals surface area contributed by atoms with E-state index in [2.05, 4.69) is 30.8 Å². The predicted molar refractivity (Wildman–Crippen MR) is 112 cm³/mol. The molecule has 0 unspecified atom stereocenters. The number of benzene rings is 1. The lowest BCUT2D eigenvalue weighted by Gasteiger charge is -2.33. The van der Waals surface area contributed by atoms with E-state index in [4.69, 9.17) is 4.52 Å². The summed E-state index contributed by atoms with van der Waals surface area (Å²) in [7, 11) is -3.45. The van der Waals surface area contributed by atoms with Gasteiger partial charge >= 0.3 is 0 Å². The first-order valence-electron chi connectivity index (χ1n) is 10.5. The van der Waals surface area contributed by atoms with Crippen molar-refractivity contribution in [3.8, 4) is 0 Å². The van der Waals surface area contributed by atoms with Gasteiger partial charge in [-0.25, -0.2) is 8.42 Å². The normalized spacial score (nSPS) is 19.3. The van der Waals surface area contributed by atoms with Crippen LogP contribution in [0, 0.1) is 0 Å². The molecule has 1 fully saturated rings. The molecule has 0 bridgehead atoms. The third-order valence-electron chi connectivity index (χ3n) is 6.09. The molecule has 1 aliphatic carbocycles. The Bertz CT molecular complexity index is 950. The van der Waals surface area contributed by atoms with Crippen molar-refractivity contribution in [1.82, 2.24) is 14.4 Å². The van der Waals surface area contributed by atoms with Gasteiger partial charge in [0.2, 0.25) is 10.0 Å². The zero-order valence-electron chi connectivity index (χ0n) is 17.6. The van der Waals surface area contributed by atoms with Crippen LogP contribution in [0.4, 0.5) is 0 Å². The van der Waals surface area contributed by atoms with Crippen LogP contribution in [-0.2, 0) is 34.8 Å². The van der Waals surface area contributed by atoms with Gasteiger partial charge in [0.1, 0.15) is 11.5 Å². The Morgan fingerprint density at radius 2 is 1.66 bits per heavy atom. The number of piperazine rings is 1. The topological polar surface area (TPSA) is 66.7 Å². The number of rotatable bonds is 4. The van der Waals surface area contributed by atoms with E-state index < -0.39 is 10.0 Å². The Morgan fingerprint density at radius 1 is 1.00 bits per heavy atom. The van der Waals surface area contributed by atoms with E-state index in [1.165, 1.54) is 18.4 Å². The first-order valence-corrected chi connectivity index (χ1v) is 12.0. The minimum Gasteiger partial charge on any atom is -0.361 e. The van der Waals surface area contributed by atoms with Crippen LogP contribution in [0.1, 0.15) is 56.2 Å². The fraction of sp³-hybridized carbons (Fsp3) is 0.591. The summed E-state index contributed by atoms with van der Waals surface area (Å²) in [5.41, 5.74) is 3.46. The summed E-state index contributed by atoms with van der Waals surface area (Å²) in [5, 5.41) is 4.29. The number of hydrogen-bond acceptors (Lipinski definition) is 5. The van der Waals surface area contributed by atoms with Crippen LogP contribution in [0.25, 0.3) is 0 Å². The molecule has 158 valence electrons. The maximum atomic E-state index is 13.0. The number of aryl methyl sites for hydroxylation is 1. The molecule has 0 amide bonds. The van der Waals surface area contributed by atoms with Crippen LogP contribution >= 0.6 is 0 Å². The highest BCUT2D eigenvalue weighted by Crippen LogP contribution is 2.27. The van der Waals surface area contributed by atoms with Gasteiger partial charge in [0.25, 0.3) is 0 Å². The number of sulfonamides is 1. The average Bonchev–Trinajstić information content (AvgIpc) is 3.11. The Labute approximate surface area is 173 Å². The standard InChI is InChI=1S/C22H31N3O3S/c1-22(2,3)17-8-10-18(11-9-17)29(26,27)25-14-12-24(13-15-25)16-20-19-6-4-5-7-21(19)28-23-20/h8-11H,4-7,12-16H2,1-3H3. The Balaban J connectivity index is 1.39. The van der Waals surface area contributed by atoms with Gasteiger partial charge in [-0.3, -0.25) is 4.90 Å². The van der Waals surface area contributed by atoms with Crippen molar-refractivity contribution in [3.05, 3.63) is 46.8 Å². The summed E-state index contributed by atoms with van der Waals surface area (Å²) in [6.07, 6.45) is 4.41. The number of fused-ring (bicyclic) bond motifs is 1. The molecule has 0 N–H and O–H groups in total. The van der Waals surface area contributed by atoms with Crippen molar-refractivity contribution in [2.24, 2.45) is 0 Å². The summed E-state index contributed by atoms with van der Waals surface area (Å²) in [4.78, 5) is 2.66. The smallest absolute Gasteiger partial charge is 0.243 e. The summed E-state index contributed by atoms with van der Waals surface area (Å²) in [5.74, 6) is 1.05. The van der Waals surface area contributed by atoms with Crippen molar-refractivity contribution in [1.29, 1.82) is 0 Å². The summed E-state index contributed by atoms with van der Waals surface area (Å²) in [6, 6.07) is 7.33. The highest BCUT2D eigenvalue weighted by Gasteiger charge is 2.30. The van der Waals surface area contributed by atoms with Gasteiger partial charge in [0.05, 0.1) is 4.90 Å². The summed E-state index contributed by atoms with van der Waals surface area (Å²) >= 11 is 0. The van der Waals surface area contributed by atoms with Crippen molar-refractivity contribution in [2.45, 2.75) is 63.3 Å². The van der Waals surface area contributed by atoms with Crippen molar-refractivity contribution < 1.29 is 12.9 Å². The van der Waals surface area contributed by atoms with Gasteiger partial charge in [-0.2, -0.15) is 4.31 Å². The lowest BCUT2D eigenvalue weighted by atomic mass is 9.87. The molecular formula is C22H31N3O3S. The lowest BCUT2D eigenvalue weighted by Crippen LogP contribution is -2.48. The minimum absolute atomic E-state index is 0.00816. The van der Waals surface area contributed by atoms with Crippen LogP contribution in [0.2, 0.25) is 0 Å². The molecule has 7 heteroatoms. The maximum Gasteiger partial charge on any atom is 0.243 e. The van der Waals surface area contributed by atoms with Gasteiger partial charge in [-0.15, -0.1) is 0 Å². The van der Waals surface area contributed by atoms with Crippen LogP contribution in [0.3, 0.4) is 0 Å². The predicted octanol–water partition coefficient (Wildman–Crippen LogP) is 3.36. The zero-order chi connectivity index (χ0) is 20.6. The highest BCUT2D eigenvalue weighted by atomic mass is 32.2. The molecular weight excluding hydrogens is 386 g/mol. The molecule has 6 nitrogen and oxygen atoms in total. The van der Waals surface area contributed by atoms with E-state index >= 15 is 0 Å². The number of hydrogen-bond donors (Lipinski definition) is 0. The van der Waals surface area contributed by atoms with Gasteiger partial charge in [0.15, 0.2) is 0 Å². The fourth-order valence-electron chi connectivity index (χ4n) is 4.19. The van der Waals surface area contributed by atoms with Crippen molar-refractivity contribution in [2.75, 3.05) is 26.2 Å². The third kappa shape index (κ3) is 4.27. The van der Waals surface area contributed by atoms with Gasteiger partial charge in [-0.05, 0) is 42.4 Å². The molecule has 2 aliphatic rings. The quantitative estimate of drug-likeness (QED) is 0.763. The Hall–Kier alpha value is -1.70. The molecule has 1 aliphatic heterocycles. The Kier molecular flexibility index (Phi) is 5.57. The first-order chi connectivity index (χ1) is 13.7. The molecule has 0 radical (unpaired) electrons. The van der Waals surface area contributed by atoms with E-state index in [1.807, 2.05) is 12.1 Å². The maximum absolute atomic E-state index is 13.0. The van der Waals surface area contributed by atoms with Gasteiger partial charge in [0, 0.05) is 44.7 Å². The molecule has 0 spiro atoms. The number of aromatic nitrogens is 1. The van der Waals surface area contributed by atoms with E-state index in [0.29, 0.717) is 31.1 Å². The largest absolute Gasteiger partial charge is 0.361 e. The molecule has 1 aromatic carbocycles. The van der Waals surface area contributed by atoms with Crippen molar-refractivity contribution in [3.63, 3.8) is 0 Å². The molecule has 29 heavy (non-hydrogen) atoms. The second kappa shape index (κ2) is 7.85.